The van der Waals surface area contributed by atoms with Crippen molar-refractivity contribution in [3.05, 3.63) is 95.9 Å². The van der Waals surface area contributed by atoms with Crippen molar-refractivity contribution in [2.75, 3.05) is 13.1 Å². The lowest BCUT2D eigenvalue weighted by Crippen LogP contribution is -2.39. The Bertz CT molecular complexity index is 1220. The highest BCUT2D eigenvalue weighted by atomic mass is 16.3. The predicted molar refractivity (Wildman–Crippen MR) is 126 cm³/mol. The van der Waals surface area contributed by atoms with Crippen LogP contribution in [0.5, 0.6) is 0 Å². The lowest BCUT2D eigenvalue weighted by molar-refractivity contribution is 0.0462. The molecule has 1 amide bonds. The van der Waals surface area contributed by atoms with Crippen LogP contribution in [0.2, 0.25) is 0 Å². The maximum atomic E-state index is 13.6. The molecule has 168 valence electrons. The molecule has 33 heavy (non-hydrogen) atoms. The van der Waals surface area contributed by atoms with E-state index in [0.717, 1.165) is 29.9 Å². The first-order valence-electron chi connectivity index (χ1n) is 11.3. The van der Waals surface area contributed by atoms with Gasteiger partial charge in [0.05, 0.1) is 17.4 Å². The number of para-hydroxylation sites is 1. The van der Waals surface area contributed by atoms with Gasteiger partial charge in [-0.15, -0.1) is 0 Å². The number of furan rings is 1. The van der Waals surface area contributed by atoms with E-state index in [1.54, 1.807) is 10.9 Å². The molecule has 6 nitrogen and oxygen atoms in total. The highest BCUT2D eigenvalue weighted by Gasteiger charge is 2.31. The average Bonchev–Trinajstić information content (AvgIpc) is 3.51. The second kappa shape index (κ2) is 9.08. The van der Waals surface area contributed by atoms with Crippen LogP contribution in [0.15, 0.2) is 83.4 Å². The van der Waals surface area contributed by atoms with Crippen LogP contribution in [0.25, 0.3) is 17.1 Å². The Morgan fingerprint density at radius 3 is 2.30 bits per heavy atom. The summed E-state index contributed by atoms with van der Waals surface area (Å²) < 4.78 is 7.54. The summed E-state index contributed by atoms with van der Waals surface area (Å²) in [7, 11) is 0. The normalized spacial score (nSPS) is 15.5. The molecule has 2 aromatic carbocycles. The van der Waals surface area contributed by atoms with Crippen molar-refractivity contribution in [2.45, 2.75) is 25.9 Å². The maximum absolute atomic E-state index is 13.6. The smallest absolute Gasteiger partial charge is 0.257 e. The number of aliphatic hydroxyl groups excluding tert-OH is 1. The highest BCUT2D eigenvalue weighted by Crippen LogP contribution is 2.32. The molecule has 3 heterocycles. The van der Waals surface area contributed by atoms with Crippen LogP contribution in [0, 0.1) is 12.8 Å². The van der Waals surface area contributed by atoms with Crippen LogP contribution in [-0.4, -0.2) is 38.8 Å². The largest absolute Gasteiger partial charge is 0.460 e. The van der Waals surface area contributed by atoms with Crippen LogP contribution >= 0.6 is 0 Å². The van der Waals surface area contributed by atoms with Crippen LogP contribution < -0.4 is 0 Å². The molecular formula is C27H27N3O3. The topological polar surface area (TPSA) is 71.5 Å². The number of amides is 1. The molecule has 5 rings (SSSR count). The number of piperidine rings is 1. The van der Waals surface area contributed by atoms with Crippen molar-refractivity contribution >= 4 is 5.91 Å². The van der Waals surface area contributed by atoms with Gasteiger partial charge in [0.25, 0.3) is 5.91 Å². The zero-order valence-electron chi connectivity index (χ0n) is 18.6. The highest BCUT2D eigenvalue weighted by molar-refractivity contribution is 5.99. The second-order valence-electron chi connectivity index (χ2n) is 8.57. The van der Waals surface area contributed by atoms with Gasteiger partial charge >= 0.3 is 0 Å². The molecule has 0 aliphatic carbocycles. The van der Waals surface area contributed by atoms with E-state index < -0.39 is 6.10 Å². The van der Waals surface area contributed by atoms with Gasteiger partial charge < -0.3 is 14.4 Å². The van der Waals surface area contributed by atoms with Crippen LogP contribution in [0.3, 0.4) is 0 Å². The molecule has 1 saturated heterocycles. The Labute approximate surface area is 193 Å². The van der Waals surface area contributed by atoms with E-state index >= 15 is 0 Å². The molecule has 0 spiro atoms. The number of carbonyl (C=O) groups is 1. The number of nitrogens with zero attached hydrogens (tertiary/aromatic N) is 3. The third kappa shape index (κ3) is 4.34. The Kier molecular flexibility index (Phi) is 5.84. The first-order chi connectivity index (χ1) is 16.1. The summed E-state index contributed by atoms with van der Waals surface area (Å²) in [5.41, 5.74) is 2.88. The molecule has 6 heteroatoms. The molecule has 1 unspecified atom stereocenters. The number of hydrogen-bond acceptors (Lipinski definition) is 4. The summed E-state index contributed by atoms with van der Waals surface area (Å²) in [5.74, 6) is 1.43. The van der Waals surface area contributed by atoms with Crippen LogP contribution in [-0.2, 0) is 0 Å². The summed E-state index contributed by atoms with van der Waals surface area (Å²) in [6.07, 6.45) is 2.79. The van der Waals surface area contributed by atoms with Gasteiger partial charge in [-0.25, -0.2) is 4.68 Å². The predicted octanol–water partition coefficient (Wildman–Crippen LogP) is 5.03. The molecule has 1 N–H and O–H groups in total. The van der Waals surface area contributed by atoms with E-state index in [1.165, 1.54) is 0 Å². The minimum atomic E-state index is -0.508. The van der Waals surface area contributed by atoms with E-state index in [0.29, 0.717) is 30.1 Å². The number of aliphatic hydroxyl groups is 1. The lowest BCUT2D eigenvalue weighted by Gasteiger charge is -2.34. The zero-order valence-corrected chi connectivity index (χ0v) is 18.6. The van der Waals surface area contributed by atoms with Crippen LogP contribution in [0.1, 0.15) is 40.6 Å². The molecule has 0 saturated carbocycles. The fourth-order valence-corrected chi connectivity index (χ4v) is 4.50. The van der Waals surface area contributed by atoms with E-state index in [1.807, 2.05) is 84.6 Å². The summed E-state index contributed by atoms with van der Waals surface area (Å²) >= 11 is 0. The van der Waals surface area contributed by atoms with Crippen molar-refractivity contribution < 1.29 is 14.3 Å². The van der Waals surface area contributed by atoms with Gasteiger partial charge in [-0.1, -0.05) is 48.5 Å². The fraction of sp³-hybridized carbons (Fsp3) is 0.259. The molecular weight excluding hydrogens is 414 g/mol. The number of likely N-dealkylation sites (tertiary alicyclic amines) is 1. The fourth-order valence-electron chi connectivity index (χ4n) is 4.50. The van der Waals surface area contributed by atoms with Gasteiger partial charge in [0.15, 0.2) is 5.76 Å². The summed E-state index contributed by atoms with van der Waals surface area (Å²) in [4.78, 5) is 15.4. The number of aryl methyl sites for hydroxylation is 1. The third-order valence-corrected chi connectivity index (χ3v) is 6.35. The standard InChI is InChI=1S/C27H27N3O3/c1-19-12-13-24(33-19)25-23(18-30(28-25)22-10-6-3-7-11-22)27(32)29-16-14-21(15-17-29)26(31)20-8-4-2-5-9-20/h2-13,18,21,26,31H,14-17H2,1H3. The number of benzene rings is 2. The number of rotatable bonds is 5. The van der Waals surface area contributed by atoms with Gasteiger partial charge in [-0.3, -0.25) is 4.79 Å². The Hall–Kier alpha value is -3.64. The Balaban J connectivity index is 1.38. The minimum Gasteiger partial charge on any atom is -0.460 e. The molecule has 1 aliphatic rings. The van der Waals surface area contributed by atoms with Crippen molar-refractivity contribution in [1.29, 1.82) is 0 Å². The number of aromatic nitrogens is 2. The Morgan fingerprint density at radius 1 is 1.00 bits per heavy atom. The lowest BCUT2D eigenvalue weighted by atomic mass is 9.87. The van der Waals surface area contributed by atoms with Crippen molar-refractivity contribution in [3.8, 4) is 17.1 Å². The molecule has 1 atom stereocenters. The van der Waals surface area contributed by atoms with Crippen molar-refractivity contribution in [3.63, 3.8) is 0 Å². The van der Waals surface area contributed by atoms with Gasteiger partial charge in [0.1, 0.15) is 11.5 Å². The van der Waals surface area contributed by atoms with Gasteiger partial charge in [0.2, 0.25) is 0 Å². The van der Waals surface area contributed by atoms with Gasteiger partial charge in [0, 0.05) is 19.3 Å². The maximum Gasteiger partial charge on any atom is 0.257 e. The molecule has 1 aliphatic heterocycles. The minimum absolute atomic E-state index is 0.0612. The van der Waals surface area contributed by atoms with Gasteiger partial charge in [-0.2, -0.15) is 5.10 Å². The van der Waals surface area contributed by atoms with Crippen molar-refractivity contribution in [1.82, 2.24) is 14.7 Å². The first-order valence-corrected chi connectivity index (χ1v) is 11.3. The summed E-state index contributed by atoms with van der Waals surface area (Å²) in [6, 6.07) is 23.2. The van der Waals surface area contributed by atoms with E-state index in [2.05, 4.69) is 0 Å². The number of carbonyl (C=O) groups excluding carboxylic acids is 1. The summed E-state index contributed by atoms with van der Waals surface area (Å²) in [5, 5.41) is 15.5. The van der Waals surface area contributed by atoms with E-state index in [-0.39, 0.29) is 11.8 Å². The summed E-state index contributed by atoms with van der Waals surface area (Å²) in [6.45, 7) is 3.07. The average molecular weight is 442 g/mol. The van der Waals surface area contributed by atoms with Gasteiger partial charge in [-0.05, 0) is 55.5 Å². The first kappa shape index (κ1) is 21.2. The second-order valence-corrected chi connectivity index (χ2v) is 8.57. The SMILES string of the molecule is Cc1ccc(-c2nn(-c3ccccc3)cc2C(=O)N2CCC(C(O)c3ccccc3)CC2)o1. The molecule has 0 radical (unpaired) electrons. The molecule has 0 bridgehead atoms. The van der Waals surface area contributed by atoms with E-state index in [9.17, 15) is 9.90 Å². The molecule has 2 aromatic heterocycles. The van der Waals surface area contributed by atoms with E-state index in [4.69, 9.17) is 9.52 Å². The van der Waals surface area contributed by atoms with Crippen LogP contribution in [0.4, 0.5) is 0 Å². The van der Waals surface area contributed by atoms with Crippen molar-refractivity contribution in [2.24, 2.45) is 5.92 Å². The molecule has 4 aromatic rings. The monoisotopic (exact) mass is 441 g/mol. The molecule has 1 fully saturated rings. The Morgan fingerprint density at radius 2 is 1.67 bits per heavy atom. The third-order valence-electron chi connectivity index (χ3n) is 6.35. The zero-order chi connectivity index (χ0) is 22.8. The number of hydrogen-bond donors (Lipinski definition) is 1. The quantitative estimate of drug-likeness (QED) is 0.472.